The molecule has 0 bridgehead atoms. The van der Waals surface area contributed by atoms with E-state index in [1.165, 1.54) is 0 Å². The molecule has 1 aromatic rings. The van der Waals surface area contributed by atoms with Gasteiger partial charge in [-0.15, -0.1) is 0 Å². The number of carbonyl (C=O) groups is 3. The number of anilines is 1. The molecule has 0 aliphatic heterocycles. The zero-order valence-corrected chi connectivity index (χ0v) is 9.88. The molecule has 0 spiro atoms. The monoisotopic (exact) mass is 247 g/mol. The highest BCUT2D eigenvalue weighted by molar-refractivity contribution is 6.04. The van der Waals surface area contributed by atoms with Crippen LogP contribution < -0.4 is 5.32 Å². The van der Waals surface area contributed by atoms with E-state index in [2.05, 4.69) is 10.1 Å². The maximum absolute atomic E-state index is 11.5. The van der Waals surface area contributed by atoms with Gasteiger partial charge in [0.15, 0.2) is 6.29 Å². The van der Waals surface area contributed by atoms with Gasteiger partial charge >= 0.3 is 5.97 Å². The first-order valence-corrected chi connectivity index (χ1v) is 5.37. The van der Waals surface area contributed by atoms with Crippen molar-refractivity contribution in [3.8, 4) is 0 Å². The van der Waals surface area contributed by atoms with Crippen LogP contribution in [0.2, 0.25) is 0 Å². The number of nitrogens with one attached hydrogen (secondary N) is 1. The van der Waals surface area contributed by atoms with E-state index < -0.39 is 11.9 Å². The van der Waals surface area contributed by atoms with Gasteiger partial charge in [0, 0.05) is 17.7 Å². The molecule has 0 fully saturated rings. The standard InChI is InChI=1S/C13H13NO4/c1-2-18-13(17)8-7-12(16)14-11-6-4-3-5-10(11)9-15/h3-9H,2H2,1H3,(H,14,16)/b8-7+. The Morgan fingerprint density at radius 1 is 1.28 bits per heavy atom. The molecule has 0 aromatic heterocycles. The van der Waals surface area contributed by atoms with Crippen LogP contribution in [0.3, 0.4) is 0 Å². The Hall–Kier alpha value is -2.43. The summed E-state index contributed by atoms with van der Waals surface area (Å²) in [4.78, 5) is 33.2. The maximum Gasteiger partial charge on any atom is 0.330 e. The van der Waals surface area contributed by atoms with Crippen molar-refractivity contribution in [3.05, 3.63) is 42.0 Å². The molecule has 18 heavy (non-hydrogen) atoms. The van der Waals surface area contributed by atoms with Gasteiger partial charge in [0.2, 0.25) is 5.91 Å². The van der Waals surface area contributed by atoms with Crippen LogP contribution in [0.4, 0.5) is 5.69 Å². The average Bonchev–Trinajstić information content (AvgIpc) is 2.37. The average molecular weight is 247 g/mol. The molecule has 5 nitrogen and oxygen atoms in total. The summed E-state index contributed by atoms with van der Waals surface area (Å²) in [5.74, 6) is -1.09. The SMILES string of the molecule is CCOC(=O)/C=C/C(=O)Nc1ccccc1C=O. The molecule has 0 aliphatic carbocycles. The molecular formula is C13H13NO4. The number of ether oxygens (including phenoxy) is 1. The van der Waals surface area contributed by atoms with Crippen LogP contribution in [0.25, 0.3) is 0 Å². The van der Waals surface area contributed by atoms with Crippen molar-refractivity contribution in [2.45, 2.75) is 6.92 Å². The second-order valence-corrected chi connectivity index (χ2v) is 3.28. The molecule has 0 unspecified atom stereocenters. The van der Waals surface area contributed by atoms with Gasteiger partial charge in [-0.25, -0.2) is 4.79 Å². The van der Waals surface area contributed by atoms with E-state index in [1.54, 1.807) is 31.2 Å². The Bertz CT molecular complexity index is 480. The molecule has 94 valence electrons. The first kappa shape index (κ1) is 13.6. The molecule has 0 saturated carbocycles. The smallest absolute Gasteiger partial charge is 0.330 e. The zero-order valence-electron chi connectivity index (χ0n) is 9.88. The van der Waals surface area contributed by atoms with E-state index in [0.717, 1.165) is 12.2 Å². The van der Waals surface area contributed by atoms with Gasteiger partial charge in [-0.1, -0.05) is 12.1 Å². The lowest BCUT2D eigenvalue weighted by atomic mass is 10.2. The fraction of sp³-hybridized carbons (Fsp3) is 0.154. The predicted octanol–water partition coefficient (Wildman–Crippen LogP) is 1.56. The lowest BCUT2D eigenvalue weighted by Gasteiger charge is -2.04. The van der Waals surface area contributed by atoms with Crippen molar-refractivity contribution in [2.24, 2.45) is 0 Å². The van der Waals surface area contributed by atoms with Crippen molar-refractivity contribution in [3.63, 3.8) is 0 Å². The number of carbonyl (C=O) groups excluding carboxylic acids is 3. The predicted molar refractivity (Wildman–Crippen MR) is 66.2 cm³/mol. The first-order valence-electron chi connectivity index (χ1n) is 5.37. The van der Waals surface area contributed by atoms with Crippen LogP contribution in [0, 0.1) is 0 Å². The Morgan fingerprint density at radius 2 is 2.00 bits per heavy atom. The number of para-hydroxylation sites is 1. The topological polar surface area (TPSA) is 72.5 Å². The molecule has 5 heteroatoms. The van der Waals surface area contributed by atoms with E-state index in [-0.39, 0.29) is 6.61 Å². The van der Waals surface area contributed by atoms with Gasteiger partial charge in [-0.3, -0.25) is 9.59 Å². The van der Waals surface area contributed by atoms with E-state index in [9.17, 15) is 14.4 Å². The van der Waals surface area contributed by atoms with Gasteiger partial charge in [0.05, 0.1) is 12.3 Å². The summed E-state index contributed by atoms with van der Waals surface area (Å²) in [5.41, 5.74) is 0.765. The van der Waals surface area contributed by atoms with E-state index in [4.69, 9.17) is 0 Å². The highest BCUT2D eigenvalue weighted by Crippen LogP contribution is 2.12. The summed E-state index contributed by atoms with van der Waals surface area (Å²) < 4.78 is 4.63. The molecule has 1 aromatic carbocycles. The molecule has 1 rings (SSSR count). The lowest BCUT2D eigenvalue weighted by molar-refractivity contribution is -0.137. The number of aldehydes is 1. The number of hydrogen-bond donors (Lipinski definition) is 1. The summed E-state index contributed by atoms with van der Waals surface area (Å²) in [5, 5.41) is 2.49. The third-order valence-corrected chi connectivity index (χ3v) is 2.00. The minimum Gasteiger partial charge on any atom is -0.463 e. The molecule has 0 aliphatic rings. The zero-order chi connectivity index (χ0) is 13.4. The summed E-state index contributed by atoms with van der Waals surface area (Å²) in [7, 11) is 0. The minimum absolute atomic E-state index is 0.249. The Morgan fingerprint density at radius 3 is 2.67 bits per heavy atom. The molecule has 1 amide bonds. The molecule has 1 N–H and O–H groups in total. The third kappa shape index (κ3) is 4.21. The number of benzene rings is 1. The molecular weight excluding hydrogens is 234 g/mol. The quantitative estimate of drug-likeness (QED) is 0.487. The van der Waals surface area contributed by atoms with Crippen LogP contribution in [0.1, 0.15) is 17.3 Å². The third-order valence-electron chi connectivity index (χ3n) is 2.00. The van der Waals surface area contributed by atoms with Crippen LogP contribution in [-0.4, -0.2) is 24.8 Å². The number of amides is 1. The second kappa shape index (κ2) is 7.01. The van der Waals surface area contributed by atoms with Crippen molar-refractivity contribution in [1.82, 2.24) is 0 Å². The summed E-state index contributed by atoms with van der Waals surface area (Å²) >= 11 is 0. The van der Waals surface area contributed by atoms with Crippen LogP contribution in [0.5, 0.6) is 0 Å². The number of hydrogen-bond acceptors (Lipinski definition) is 4. The van der Waals surface area contributed by atoms with Crippen LogP contribution >= 0.6 is 0 Å². The van der Waals surface area contributed by atoms with Crippen molar-refractivity contribution < 1.29 is 19.1 Å². The Balaban J connectivity index is 2.65. The van der Waals surface area contributed by atoms with Gasteiger partial charge in [0.25, 0.3) is 0 Å². The van der Waals surface area contributed by atoms with Gasteiger partial charge in [0.1, 0.15) is 0 Å². The summed E-state index contributed by atoms with van der Waals surface area (Å²) in [6.07, 6.45) is 2.73. The molecule has 0 saturated heterocycles. The first-order chi connectivity index (χ1) is 8.67. The summed E-state index contributed by atoms with van der Waals surface area (Å²) in [6, 6.07) is 6.56. The van der Waals surface area contributed by atoms with Gasteiger partial charge in [-0.2, -0.15) is 0 Å². The van der Waals surface area contributed by atoms with Gasteiger partial charge < -0.3 is 10.1 Å². The van der Waals surface area contributed by atoms with E-state index >= 15 is 0 Å². The van der Waals surface area contributed by atoms with E-state index in [0.29, 0.717) is 17.5 Å². The molecule has 0 heterocycles. The summed E-state index contributed by atoms with van der Waals surface area (Å²) in [6.45, 7) is 1.92. The Labute approximate surface area is 104 Å². The van der Waals surface area contributed by atoms with Crippen molar-refractivity contribution in [2.75, 3.05) is 11.9 Å². The maximum atomic E-state index is 11.5. The fourth-order valence-electron chi connectivity index (χ4n) is 1.22. The van der Waals surface area contributed by atoms with Crippen LogP contribution in [-0.2, 0) is 14.3 Å². The van der Waals surface area contributed by atoms with Crippen LogP contribution in [0.15, 0.2) is 36.4 Å². The minimum atomic E-state index is -0.587. The normalized spacial score (nSPS) is 10.1. The lowest BCUT2D eigenvalue weighted by Crippen LogP contribution is -2.10. The number of esters is 1. The highest BCUT2D eigenvalue weighted by atomic mass is 16.5. The molecule has 0 radical (unpaired) electrons. The van der Waals surface area contributed by atoms with E-state index in [1.807, 2.05) is 0 Å². The largest absolute Gasteiger partial charge is 0.463 e. The van der Waals surface area contributed by atoms with Gasteiger partial charge in [-0.05, 0) is 19.1 Å². The molecule has 0 atom stereocenters. The van der Waals surface area contributed by atoms with Crippen molar-refractivity contribution in [1.29, 1.82) is 0 Å². The second-order valence-electron chi connectivity index (χ2n) is 3.28. The Kier molecular flexibility index (Phi) is 5.31. The highest BCUT2D eigenvalue weighted by Gasteiger charge is 2.03. The van der Waals surface area contributed by atoms with Crippen molar-refractivity contribution >= 4 is 23.9 Å². The fourth-order valence-corrected chi connectivity index (χ4v) is 1.22. The number of rotatable bonds is 5.